The molecular weight excluding hydrogens is 266 g/mol. The molecule has 1 heterocycles. The Balaban J connectivity index is 0.00000106. The Morgan fingerprint density at radius 2 is 2.05 bits per heavy atom. The SMILES string of the molecule is CC.CC(C)c1ccc(-c2nn[nH]n2)cc1OCCCN. The lowest BCUT2D eigenvalue weighted by Crippen LogP contribution is -2.07. The summed E-state index contributed by atoms with van der Waals surface area (Å²) >= 11 is 0. The van der Waals surface area contributed by atoms with Crippen molar-refractivity contribution in [3.05, 3.63) is 23.8 Å². The van der Waals surface area contributed by atoms with Crippen molar-refractivity contribution in [1.29, 1.82) is 0 Å². The molecule has 1 aromatic heterocycles. The molecule has 3 N–H and O–H groups in total. The number of aromatic amines is 1. The van der Waals surface area contributed by atoms with E-state index in [0.717, 1.165) is 17.7 Å². The zero-order chi connectivity index (χ0) is 15.7. The highest BCUT2D eigenvalue weighted by molar-refractivity contribution is 5.59. The molecular formula is C15H25N5O. The molecule has 0 unspecified atom stereocenters. The largest absolute Gasteiger partial charge is 0.493 e. The van der Waals surface area contributed by atoms with Crippen LogP contribution in [0.3, 0.4) is 0 Å². The average molecular weight is 291 g/mol. The van der Waals surface area contributed by atoms with Gasteiger partial charge < -0.3 is 10.5 Å². The fraction of sp³-hybridized carbons (Fsp3) is 0.533. The van der Waals surface area contributed by atoms with Gasteiger partial charge >= 0.3 is 0 Å². The van der Waals surface area contributed by atoms with Crippen molar-refractivity contribution in [3.63, 3.8) is 0 Å². The molecule has 0 radical (unpaired) electrons. The summed E-state index contributed by atoms with van der Waals surface area (Å²) in [6.07, 6.45) is 0.837. The normalized spacial score (nSPS) is 10.2. The van der Waals surface area contributed by atoms with Crippen LogP contribution in [0.1, 0.15) is 45.6 Å². The molecule has 0 aliphatic rings. The van der Waals surface area contributed by atoms with Gasteiger partial charge in [0.05, 0.1) is 6.61 Å². The summed E-state index contributed by atoms with van der Waals surface area (Å²) in [6, 6.07) is 5.99. The van der Waals surface area contributed by atoms with Gasteiger partial charge in [-0.15, -0.1) is 10.2 Å². The van der Waals surface area contributed by atoms with Crippen LogP contribution in [0.25, 0.3) is 11.4 Å². The molecule has 6 heteroatoms. The lowest BCUT2D eigenvalue weighted by Gasteiger charge is -2.14. The van der Waals surface area contributed by atoms with Gasteiger partial charge in [-0.2, -0.15) is 5.21 Å². The molecule has 0 aliphatic carbocycles. The number of aromatic nitrogens is 4. The Morgan fingerprint density at radius 3 is 2.62 bits per heavy atom. The standard InChI is InChI=1S/C13H19N5O.C2H6/c1-9(2)11-5-4-10(13-15-17-18-16-13)8-12(11)19-7-3-6-14;1-2/h4-5,8-9H,3,6-7,14H2,1-2H3,(H,15,16,17,18);1-2H3. The molecule has 0 saturated heterocycles. The zero-order valence-corrected chi connectivity index (χ0v) is 13.3. The van der Waals surface area contributed by atoms with E-state index in [4.69, 9.17) is 10.5 Å². The highest BCUT2D eigenvalue weighted by Gasteiger charge is 2.11. The van der Waals surface area contributed by atoms with E-state index in [9.17, 15) is 0 Å². The van der Waals surface area contributed by atoms with Crippen molar-refractivity contribution in [1.82, 2.24) is 20.6 Å². The van der Waals surface area contributed by atoms with Crippen molar-refractivity contribution in [3.8, 4) is 17.1 Å². The van der Waals surface area contributed by atoms with Gasteiger partial charge in [0.1, 0.15) is 5.75 Å². The van der Waals surface area contributed by atoms with E-state index in [-0.39, 0.29) is 0 Å². The molecule has 21 heavy (non-hydrogen) atoms. The minimum Gasteiger partial charge on any atom is -0.493 e. The molecule has 0 saturated carbocycles. The molecule has 2 aromatic rings. The van der Waals surface area contributed by atoms with E-state index in [1.54, 1.807) is 0 Å². The van der Waals surface area contributed by atoms with Gasteiger partial charge in [-0.1, -0.05) is 39.8 Å². The van der Waals surface area contributed by atoms with Gasteiger partial charge in [-0.3, -0.25) is 0 Å². The monoisotopic (exact) mass is 291 g/mol. The second kappa shape index (κ2) is 9.07. The van der Waals surface area contributed by atoms with Gasteiger partial charge in [0.2, 0.25) is 5.82 Å². The molecule has 0 aliphatic heterocycles. The minimum absolute atomic E-state index is 0.396. The molecule has 0 atom stereocenters. The van der Waals surface area contributed by atoms with Crippen LogP contribution in [0, 0.1) is 0 Å². The Hall–Kier alpha value is -1.95. The van der Waals surface area contributed by atoms with Gasteiger partial charge in [0.15, 0.2) is 0 Å². The van der Waals surface area contributed by atoms with Crippen molar-refractivity contribution in [2.75, 3.05) is 13.2 Å². The number of nitrogens with two attached hydrogens (primary N) is 1. The Bertz CT molecular complexity index is 511. The van der Waals surface area contributed by atoms with Gasteiger partial charge in [-0.05, 0) is 35.7 Å². The predicted octanol–water partition coefficient (Wildman–Crippen LogP) is 2.74. The van der Waals surface area contributed by atoms with Crippen LogP contribution >= 0.6 is 0 Å². The lowest BCUT2D eigenvalue weighted by molar-refractivity contribution is 0.309. The maximum atomic E-state index is 5.81. The summed E-state index contributed by atoms with van der Waals surface area (Å²) in [7, 11) is 0. The summed E-state index contributed by atoms with van der Waals surface area (Å²) in [4.78, 5) is 0. The first-order valence-corrected chi connectivity index (χ1v) is 7.43. The molecule has 6 nitrogen and oxygen atoms in total. The number of nitrogens with one attached hydrogen (secondary N) is 1. The van der Waals surface area contributed by atoms with Crippen LogP contribution in [-0.4, -0.2) is 33.8 Å². The van der Waals surface area contributed by atoms with E-state index in [2.05, 4.69) is 34.5 Å². The van der Waals surface area contributed by atoms with Gasteiger partial charge in [0.25, 0.3) is 0 Å². The smallest absolute Gasteiger partial charge is 0.204 e. The molecule has 0 spiro atoms. The Labute approximate surface area is 126 Å². The average Bonchev–Trinajstić information content (AvgIpc) is 3.03. The van der Waals surface area contributed by atoms with Crippen LogP contribution in [0.2, 0.25) is 0 Å². The number of hydrogen-bond donors (Lipinski definition) is 2. The third-order valence-electron chi connectivity index (χ3n) is 2.85. The lowest BCUT2D eigenvalue weighted by atomic mass is 10.00. The molecule has 2 rings (SSSR count). The number of rotatable bonds is 6. The summed E-state index contributed by atoms with van der Waals surface area (Å²) in [5.74, 6) is 1.83. The third-order valence-corrected chi connectivity index (χ3v) is 2.85. The van der Waals surface area contributed by atoms with Crippen LogP contribution in [0.15, 0.2) is 18.2 Å². The maximum absolute atomic E-state index is 5.81. The van der Waals surface area contributed by atoms with Gasteiger partial charge in [-0.25, -0.2) is 0 Å². The van der Waals surface area contributed by atoms with E-state index in [1.165, 1.54) is 5.56 Å². The van der Waals surface area contributed by atoms with E-state index < -0.39 is 0 Å². The number of ether oxygens (including phenoxy) is 1. The third kappa shape index (κ3) is 4.82. The highest BCUT2D eigenvalue weighted by Crippen LogP contribution is 2.30. The number of hydrogen-bond acceptors (Lipinski definition) is 5. The molecule has 0 amide bonds. The second-order valence-corrected chi connectivity index (χ2v) is 4.63. The summed E-state index contributed by atoms with van der Waals surface area (Å²) < 4.78 is 5.81. The molecule has 1 aromatic carbocycles. The molecule has 116 valence electrons. The Morgan fingerprint density at radius 1 is 1.29 bits per heavy atom. The number of tetrazole rings is 1. The first-order chi connectivity index (χ1) is 10.2. The summed E-state index contributed by atoms with van der Waals surface area (Å²) in [5, 5.41) is 14.0. The van der Waals surface area contributed by atoms with E-state index >= 15 is 0 Å². The quantitative estimate of drug-likeness (QED) is 0.799. The van der Waals surface area contributed by atoms with Crippen LogP contribution < -0.4 is 10.5 Å². The van der Waals surface area contributed by atoms with Crippen molar-refractivity contribution in [2.24, 2.45) is 5.73 Å². The van der Waals surface area contributed by atoms with Crippen molar-refractivity contribution < 1.29 is 4.74 Å². The van der Waals surface area contributed by atoms with Crippen LogP contribution in [0.5, 0.6) is 5.75 Å². The summed E-state index contributed by atoms with van der Waals surface area (Å²) in [6.45, 7) is 9.52. The zero-order valence-electron chi connectivity index (χ0n) is 13.3. The topological polar surface area (TPSA) is 89.7 Å². The Kier molecular flexibility index (Phi) is 7.39. The van der Waals surface area contributed by atoms with E-state index in [1.807, 2.05) is 32.0 Å². The number of benzene rings is 1. The second-order valence-electron chi connectivity index (χ2n) is 4.63. The fourth-order valence-electron chi connectivity index (χ4n) is 1.82. The van der Waals surface area contributed by atoms with E-state index in [0.29, 0.717) is 24.9 Å². The number of nitrogens with zero attached hydrogens (tertiary/aromatic N) is 3. The molecule has 0 bridgehead atoms. The molecule has 0 fully saturated rings. The van der Waals surface area contributed by atoms with Crippen LogP contribution in [-0.2, 0) is 0 Å². The fourth-order valence-corrected chi connectivity index (χ4v) is 1.82. The summed E-state index contributed by atoms with van der Waals surface area (Å²) in [5.41, 5.74) is 7.55. The predicted molar refractivity (Wildman–Crippen MR) is 84.2 cm³/mol. The van der Waals surface area contributed by atoms with Gasteiger partial charge in [0, 0.05) is 5.56 Å². The number of H-pyrrole nitrogens is 1. The van der Waals surface area contributed by atoms with Crippen molar-refractivity contribution in [2.45, 2.75) is 40.0 Å². The minimum atomic E-state index is 0.396. The maximum Gasteiger partial charge on any atom is 0.204 e. The first kappa shape index (κ1) is 17.1. The van der Waals surface area contributed by atoms with Crippen LogP contribution in [0.4, 0.5) is 0 Å². The highest BCUT2D eigenvalue weighted by atomic mass is 16.5. The first-order valence-electron chi connectivity index (χ1n) is 7.43. The van der Waals surface area contributed by atoms with Crippen molar-refractivity contribution >= 4 is 0 Å².